The Bertz CT molecular complexity index is 647. The highest BCUT2D eigenvalue weighted by atomic mass is 32.2. The van der Waals surface area contributed by atoms with Gasteiger partial charge in [-0.15, -0.1) is 0 Å². The van der Waals surface area contributed by atoms with Gasteiger partial charge >= 0.3 is 0 Å². The largest absolute Gasteiger partial charge is 0.388 e. The van der Waals surface area contributed by atoms with E-state index in [9.17, 15) is 8.42 Å². The molecular weight excluding hydrogens is 266 g/mol. The van der Waals surface area contributed by atoms with E-state index in [1.165, 1.54) is 0 Å². The van der Waals surface area contributed by atoms with Crippen LogP contribution in [0.5, 0.6) is 0 Å². The molecule has 0 aliphatic carbocycles. The molecule has 1 heterocycles. The molecule has 6 nitrogen and oxygen atoms in total. The molecule has 0 fully saturated rings. The second-order valence-corrected chi connectivity index (χ2v) is 5.84. The van der Waals surface area contributed by atoms with Crippen molar-refractivity contribution in [2.24, 2.45) is 0 Å². The summed E-state index contributed by atoms with van der Waals surface area (Å²) in [5.74, 6) is 0.376. The number of anilines is 2. The fourth-order valence-electron chi connectivity index (χ4n) is 1.60. The summed E-state index contributed by atoms with van der Waals surface area (Å²) in [6.07, 6.45) is 0. The van der Waals surface area contributed by atoms with Gasteiger partial charge < -0.3 is 9.84 Å². The van der Waals surface area contributed by atoms with Gasteiger partial charge in [-0.3, -0.25) is 4.72 Å². The third-order valence-electron chi connectivity index (χ3n) is 2.46. The van der Waals surface area contributed by atoms with Crippen LogP contribution in [0.3, 0.4) is 0 Å². The van der Waals surface area contributed by atoms with Gasteiger partial charge in [0.1, 0.15) is 17.2 Å². The Kier molecular flexibility index (Phi) is 3.75. The Morgan fingerprint density at radius 1 is 1.21 bits per heavy atom. The van der Waals surface area contributed by atoms with E-state index in [1.54, 1.807) is 44.3 Å². The van der Waals surface area contributed by atoms with E-state index >= 15 is 0 Å². The maximum atomic E-state index is 11.9. The first-order valence-corrected chi connectivity index (χ1v) is 7.34. The van der Waals surface area contributed by atoms with E-state index in [2.05, 4.69) is 15.2 Å². The van der Waals surface area contributed by atoms with Crippen LogP contribution in [-0.2, 0) is 15.8 Å². The Morgan fingerprint density at radius 3 is 2.37 bits per heavy atom. The minimum absolute atomic E-state index is 0.210. The molecule has 0 aliphatic heterocycles. The average Bonchev–Trinajstić information content (AvgIpc) is 2.74. The number of aromatic nitrogens is 1. The number of sulfonamides is 1. The van der Waals surface area contributed by atoms with E-state index in [1.807, 2.05) is 0 Å². The van der Waals surface area contributed by atoms with Crippen LogP contribution < -0.4 is 10.0 Å². The van der Waals surface area contributed by atoms with Crippen molar-refractivity contribution in [3.8, 4) is 0 Å². The first-order valence-electron chi connectivity index (χ1n) is 5.69. The molecule has 0 saturated heterocycles. The van der Waals surface area contributed by atoms with Crippen LogP contribution in [0.1, 0.15) is 11.5 Å². The maximum absolute atomic E-state index is 11.9. The smallest absolute Gasteiger partial charge is 0.238 e. The number of hydrogen-bond acceptors (Lipinski definition) is 5. The van der Waals surface area contributed by atoms with Gasteiger partial charge in [0, 0.05) is 24.5 Å². The van der Waals surface area contributed by atoms with Gasteiger partial charge in [-0.2, -0.15) is 0 Å². The third kappa shape index (κ3) is 3.72. The first-order chi connectivity index (χ1) is 8.98. The van der Waals surface area contributed by atoms with Gasteiger partial charge in [0.25, 0.3) is 0 Å². The van der Waals surface area contributed by atoms with Crippen molar-refractivity contribution >= 4 is 21.4 Å². The second-order valence-electron chi connectivity index (χ2n) is 4.12. The van der Waals surface area contributed by atoms with Gasteiger partial charge in [-0.05, 0) is 31.2 Å². The minimum atomic E-state index is -3.49. The summed E-state index contributed by atoms with van der Waals surface area (Å²) in [7, 11) is -1.69. The van der Waals surface area contributed by atoms with E-state index in [-0.39, 0.29) is 5.75 Å². The van der Waals surface area contributed by atoms with Crippen molar-refractivity contribution in [2.45, 2.75) is 12.7 Å². The lowest BCUT2D eigenvalue weighted by Crippen LogP contribution is -2.15. The van der Waals surface area contributed by atoms with E-state index in [0.717, 1.165) is 5.69 Å². The van der Waals surface area contributed by atoms with Gasteiger partial charge in [-0.1, -0.05) is 5.16 Å². The maximum Gasteiger partial charge on any atom is 0.238 e. The molecule has 0 bridgehead atoms. The zero-order chi connectivity index (χ0) is 13.9. The van der Waals surface area contributed by atoms with Crippen LogP contribution in [0.25, 0.3) is 0 Å². The molecule has 19 heavy (non-hydrogen) atoms. The van der Waals surface area contributed by atoms with Crippen LogP contribution in [-0.4, -0.2) is 20.6 Å². The van der Waals surface area contributed by atoms with Crippen LogP contribution >= 0.6 is 0 Å². The standard InChI is InChI=1S/C12H15N3O3S/c1-9-7-12(14-18-9)8-19(16,17)15-11-5-3-10(13-2)4-6-11/h3-7,13,15H,8H2,1-2H3. The van der Waals surface area contributed by atoms with Crippen molar-refractivity contribution in [3.05, 3.63) is 41.8 Å². The highest BCUT2D eigenvalue weighted by Crippen LogP contribution is 2.16. The monoisotopic (exact) mass is 281 g/mol. The SMILES string of the molecule is CNc1ccc(NS(=O)(=O)Cc2cc(C)on2)cc1. The van der Waals surface area contributed by atoms with Crippen molar-refractivity contribution < 1.29 is 12.9 Å². The summed E-state index contributed by atoms with van der Waals surface area (Å²) in [4.78, 5) is 0. The summed E-state index contributed by atoms with van der Waals surface area (Å²) in [6, 6.07) is 8.56. The van der Waals surface area contributed by atoms with Gasteiger partial charge in [-0.25, -0.2) is 8.42 Å². The van der Waals surface area contributed by atoms with Crippen LogP contribution in [0.15, 0.2) is 34.9 Å². The molecule has 1 aromatic heterocycles. The number of nitrogens with one attached hydrogen (secondary N) is 2. The molecule has 0 atom stereocenters. The Balaban J connectivity index is 2.07. The zero-order valence-corrected chi connectivity index (χ0v) is 11.5. The number of hydrogen-bond donors (Lipinski definition) is 2. The highest BCUT2D eigenvalue weighted by Gasteiger charge is 2.14. The predicted molar refractivity (Wildman–Crippen MR) is 73.5 cm³/mol. The van der Waals surface area contributed by atoms with Crippen LogP contribution in [0.4, 0.5) is 11.4 Å². The fraction of sp³-hybridized carbons (Fsp3) is 0.250. The highest BCUT2D eigenvalue weighted by molar-refractivity contribution is 7.91. The Labute approximate surface area is 111 Å². The number of nitrogens with zero attached hydrogens (tertiary/aromatic N) is 1. The van der Waals surface area contributed by atoms with Crippen molar-refractivity contribution in [3.63, 3.8) is 0 Å². The molecule has 2 N–H and O–H groups in total. The number of benzene rings is 1. The van der Waals surface area contributed by atoms with Crippen molar-refractivity contribution in [1.29, 1.82) is 0 Å². The Morgan fingerprint density at radius 2 is 1.84 bits per heavy atom. The molecule has 0 aliphatic rings. The van der Waals surface area contributed by atoms with E-state index in [4.69, 9.17) is 4.52 Å². The van der Waals surface area contributed by atoms with Crippen molar-refractivity contribution in [2.75, 3.05) is 17.1 Å². The van der Waals surface area contributed by atoms with E-state index < -0.39 is 10.0 Å². The molecule has 2 rings (SSSR count). The molecule has 0 unspecified atom stereocenters. The van der Waals surface area contributed by atoms with Gasteiger partial charge in [0.15, 0.2) is 0 Å². The summed E-state index contributed by atoms with van der Waals surface area (Å²) in [6.45, 7) is 1.72. The third-order valence-corrected chi connectivity index (χ3v) is 3.68. The molecule has 0 spiro atoms. The zero-order valence-electron chi connectivity index (χ0n) is 10.7. The summed E-state index contributed by atoms with van der Waals surface area (Å²) >= 11 is 0. The molecule has 7 heteroatoms. The predicted octanol–water partition coefficient (Wildman–Crippen LogP) is 1.97. The summed E-state index contributed by atoms with van der Waals surface area (Å²) < 4.78 is 31.2. The van der Waals surface area contributed by atoms with Gasteiger partial charge in [0.05, 0.1) is 0 Å². The molecule has 0 amide bonds. The quantitative estimate of drug-likeness (QED) is 0.875. The summed E-state index contributed by atoms with van der Waals surface area (Å²) in [5, 5.41) is 6.63. The molecule has 102 valence electrons. The topological polar surface area (TPSA) is 84.2 Å². The number of aryl methyl sites for hydroxylation is 1. The van der Waals surface area contributed by atoms with Crippen LogP contribution in [0.2, 0.25) is 0 Å². The fourth-order valence-corrected chi connectivity index (χ4v) is 2.69. The molecule has 0 radical (unpaired) electrons. The Hall–Kier alpha value is -2.02. The minimum Gasteiger partial charge on any atom is -0.388 e. The number of rotatable bonds is 5. The normalized spacial score (nSPS) is 11.3. The summed E-state index contributed by atoms with van der Waals surface area (Å²) in [5.41, 5.74) is 1.81. The molecule has 0 saturated carbocycles. The first kappa shape index (κ1) is 13.4. The van der Waals surface area contributed by atoms with E-state index in [0.29, 0.717) is 17.1 Å². The van der Waals surface area contributed by atoms with Crippen LogP contribution in [0, 0.1) is 6.92 Å². The lowest BCUT2D eigenvalue weighted by atomic mass is 10.3. The molecular formula is C12H15N3O3S. The van der Waals surface area contributed by atoms with Gasteiger partial charge in [0.2, 0.25) is 10.0 Å². The molecule has 1 aromatic carbocycles. The van der Waals surface area contributed by atoms with Crippen molar-refractivity contribution in [1.82, 2.24) is 5.16 Å². The lowest BCUT2D eigenvalue weighted by Gasteiger charge is -2.07. The average molecular weight is 281 g/mol. The lowest BCUT2D eigenvalue weighted by molar-refractivity contribution is 0.392. The molecule has 2 aromatic rings. The second kappa shape index (κ2) is 5.31.